The van der Waals surface area contributed by atoms with Crippen molar-refractivity contribution in [2.24, 2.45) is 0 Å². The molecule has 0 spiro atoms. The molecule has 0 bridgehead atoms. The number of benzene rings is 1. The van der Waals surface area contributed by atoms with Gasteiger partial charge in [0.05, 0.1) is 12.2 Å². The molecule has 2 rings (SSSR count). The van der Waals surface area contributed by atoms with E-state index in [9.17, 15) is 5.11 Å². The Morgan fingerprint density at radius 1 is 1.30 bits per heavy atom. The van der Waals surface area contributed by atoms with Crippen LogP contribution in [0.25, 0.3) is 0 Å². The van der Waals surface area contributed by atoms with Gasteiger partial charge < -0.3 is 9.84 Å². The molecule has 2 nitrogen and oxygen atoms in total. The fraction of sp³-hybridized carbons (Fsp3) is 0.667. The van der Waals surface area contributed by atoms with Gasteiger partial charge in [0.1, 0.15) is 0 Å². The van der Waals surface area contributed by atoms with E-state index in [0.29, 0.717) is 6.10 Å². The first-order valence-corrected chi connectivity index (χ1v) is 7.93. The van der Waals surface area contributed by atoms with Crippen LogP contribution in [-0.2, 0) is 10.2 Å². The second kappa shape index (κ2) is 6.73. The summed E-state index contributed by atoms with van der Waals surface area (Å²) in [6.07, 6.45) is 5.19. The van der Waals surface area contributed by atoms with Crippen molar-refractivity contribution in [1.82, 2.24) is 0 Å². The van der Waals surface area contributed by atoms with Crippen molar-refractivity contribution in [2.75, 3.05) is 6.61 Å². The third kappa shape index (κ3) is 3.83. The summed E-state index contributed by atoms with van der Waals surface area (Å²) in [6, 6.07) is 8.47. The molecule has 1 saturated heterocycles. The summed E-state index contributed by atoms with van der Waals surface area (Å²) in [5.74, 6) is 0. The van der Waals surface area contributed by atoms with Gasteiger partial charge in [0.2, 0.25) is 0 Å². The summed E-state index contributed by atoms with van der Waals surface area (Å²) in [7, 11) is 0. The Bertz CT molecular complexity index is 402. The third-order valence-corrected chi connectivity index (χ3v) is 4.75. The van der Waals surface area contributed by atoms with Gasteiger partial charge in [-0.1, -0.05) is 45.0 Å². The molecule has 1 N–H and O–H groups in total. The highest BCUT2D eigenvalue weighted by Crippen LogP contribution is 2.29. The minimum Gasteiger partial charge on any atom is -0.388 e. The average molecular weight is 276 g/mol. The van der Waals surface area contributed by atoms with Crippen LogP contribution in [0.3, 0.4) is 0 Å². The largest absolute Gasteiger partial charge is 0.388 e. The van der Waals surface area contributed by atoms with Crippen molar-refractivity contribution >= 4 is 0 Å². The molecule has 1 aliphatic heterocycles. The molecule has 2 atom stereocenters. The summed E-state index contributed by atoms with van der Waals surface area (Å²) < 4.78 is 5.61. The lowest BCUT2D eigenvalue weighted by atomic mass is 9.82. The van der Waals surface area contributed by atoms with E-state index >= 15 is 0 Å². The predicted molar refractivity (Wildman–Crippen MR) is 82.9 cm³/mol. The second-order valence-corrected chi connectivity index (χ2v) is 6.59. The lowest BCUT2D eigenvalue weighted by Gasteiger charge is -2.24. The molecule has 1 aromatic rings. The molecule has 1 fully saturated rings. The van der Waals surface area contributed by atoms with E-state index in [1.807, 2.05) is 0 Å². The van der Waals surface area contributed by atoms with Crippen LogP contribution in [0.1, 0.15) is 70.1 Å². The first kappa shape index (κ1) is 15.5. The van der Waals surface area contributed by atoms with E-state index < -0.39 is 0 Å². The zero-order valence-electron chi connectivity index (χ0n) is 13.1. The van der Waals surface area contributed by atoms with Crippen LogP contribution >= 0.6 is 0 Å². The standard InChI is InChI=1S/C18H28O2/c1-4-18(2,3)15-9-7-14(8-10-15)17(19)12-11-16-6-5-13-20-16/h7-10,16-17,19H,4-6,11-13H2,1-3H3. The highest BCUT2D eigenvalue weighted by Gasteiger charge is 2.20. The fourth-order valence-corrected chi connectivity index (χ4v) is 2.74. The number of hydrogen-bond donors (Lipinski definition) is 1. The molecule has 0 saturated carbocycles. The molecule has 2 unspecified atom stereocenters. The Balaban J connectivity index is 1.91. The molecule has 1 heterocycles. The lowest BCUT2D eigenvalue weighted by molar-refractivity contribution is 0.0812. The highest BCUT2D eigenvalue weighted by molar-refractivity contribution is 5.29. The van der Waals surface area contributed by atoms with Crippen molar-refractivity contribution in [1.29, 1.82) is 0 Å². The Labute approximate surface area is 123 Å². The normalized spacial score (nSPS) is 21.1. The highest BCUT2D eigenvalue weighted by atomic mass is 16.5. The van der Waals surface area contributed by atoms with E-state index in [4.69, 9.17) is 4.74 Å². The van der Waals surface area contributed by atoms with Crippen LogP contribution in [0, 0.1) is 0 Å². The first-order chi connectivity index (χ1) is 9.53. The zero-order chi connectivity index (χ0) is 14.6. The molecular formula is C18H28O2. The molecule has 1 aliphatic rings. The minimum absolute atomic E-state index is 0.209. The Kier molecular flexibility index (Phi) is 5.22. The molecule has 0 aliphatic carbocycles. The van der Waals surface area contributed by atoms with E-state index in [2.05, 4.69) is 45.0 Å². The molecule has 0 amide bonds. The van der Waals surface area contributed by atoms with Gasteiger partial charge in [-0.25, -0.2) is 0 Å². The van der Waals surface area contributed by atoms with Crippen LogP contribution < -0.4 is 0 Å². The Morgan fingerprint density at radius 2 is 2.00 bits per heavy atom. The molecule has 1 aromatic carbocycles. The van der Waals surface area contributed by atoms with E-state index in [0.717, 1.165) is 37.9 Å². The molecule has 0 radical (unpaired) electrons. The second-order valence-electron chi connectivity index (χ2n) is 6.59. The van der Waals surface area contributed by atoms with Crippen molar-refractivity contribution in [3.63, 3.8) is 0 Å². The average Bonchev–Trinajstić information content (AvgIpc) is 2.98. The Morgan fingerprint density at radius 3 is 2.55 bits per heavy atom. The maximum Gasteiger partial charge on any atom is 0.0791 e. The summed E-state index contributed by atoms with van der Waals surface area (Å²) >= 11 is 0. The van der Waals surface area contributed by atoms with Gasteiger partial charge in [-0.05, 0) is 48.6 Å². The molecular weight excluding hydrogens is 248 g/mol. The van der Waals surface area contributed by atoms with E-state index in [1.165, 1.54) is 12.0 Å². The number of rotatable bonds is 6. The number of ether oxygens (including phenoxy) is 1. The summed E-state index contributed by atoms with van der Waals surface area (Å²) in [5, 5.41) is 10.3. The van der Waals surface area contributed by atoms with Crippen molar-refractivity contribution < 1.29 is 9.84 Å². The predicted octanol–water partition coefficient (Wildman–Crippen LogP) is 4.37. The summed E-state index contributed by atoms with van der Waals surface area (Å²) in [5.41, 5.74) is 2.58. The van der Waals surface area contributed by atoms with E-state index in [1.54, 1.807) is 0 Å². The third-order valence-electron chi connectivity index (χ3n) is 4.75. The van der Waals surface area contributed by atoms with Crippen molar-refractivity contribution in [3.05, 3.63) is 35.4 Å². The van der Waals surface area contributed by atoms with Crippen molar-refractivity contribution in [3.8, 4) is 0 Å². The summed E-state index contributed by atoms with van der Waals surface area (Å²) in [4.78, 5) is 0. The quantitative estimate of drug-likeness (QED) is 0.836. The zero-order valence-corrected chi connectivity index (χ0v) is 13.1. The van der Waals surface area contributed by atoms with Crippen LogP contribution in [-0.4, -0.2) is 17.8 Å². The summed E-state index contributed by atoms with van der Waals surface area (Å²) in [6.45, 7) is 7.62. The van der Waals surface area contributed by atoms with Gasteiger partial charge >= 0.3 is 0 Å². The molecule has 2 heteroatoms. The smallest absolute Gasteiger partial charge is 0.0791 e. The fourth-order valence-electron chi connectivity index (χ4n) is 2.74. The van der Waals surface area contributed by atoms with Crippen molar-refractivity contribution in [2.45, 2.75) is 70.5 Å². The van der Waals surface area contributed by atoms with Crippen LogP contribution in [0.2, 0.25) is 0 Å². The number of aliphatic hydroxyl groups excluding tert-OH is 1. The Hall–Kier alpha value is -0.860. The van der Waals surface area contributed by atoms with Gasteiger partial charge in [0.15, 0.2) is 0 Å². The molecule has 112 valence electrons. The van der Waals surface area contributed by atoms with Gasteiger partial charge in [-0.2, -0.15) is 0 Å². The SMILES string of the molecule is CCC(C)(C)c1ccc(C(O)CCC2CCCO2)cc1. The van der Waals surface area contributed by atoms with Gasteiger partial charge in [0.25, 0.3) is 0 Å². The molecule has 0 aromatic heterocycles. The van der Waals surface area contributed by atoms with Crippen LogP contribution in [0.4, 0.5) is 0 Å². The first-order valence-electron chi connectivity index (χ1n) is 7.93. The van der Waals surface area contributed by atoms with Crippen LogP contribution in [0.15, 0.2) is 24.3 Å². The molecule has 20 heavy (non-hydrogen) atoms. The maximum absolute atomic E-state index is 10.3. The van der Waals surface area contributed by atoms with Gasteiger partial charge in [-0.3, -0.25) is 0 Å². The van der Waals surface area contributed by atoms with E-state index in [-0.39, 0.29) is 11.5 Å². The number of hydrogen-bond acceptors (Lipinski definition) is 2. The maximum atomic E-state index is 10.3. The lowest BCUT2D eigenvalue weighted by Crippen LogP contribution is -2.15. The van der Waals surface area contributed by atoms with Gasteiger partial charge in [-0.15, -0.1) is 0 Å². The topological polar surface area (TPSA) is 29.5 Å². The van der Waals surface area contributed by atoms with Gasteiger partial charge in [0, 0.05) is 6.61 Å². The minimum atomic E-state index is -0.363. The monoisotopic (exact) mass is 276 g/mol. The van der Waals surface area contributed by atoms with Crippen LogP contribution in [0.5, 0.6) is 0 Å². The number of aliphatic hydroxyl groups is 1.